The van der Waals surface area contributed by atoms with Crippen LogP contribution in [0.2, 0.25) is 0 Å². The maximum Gasteiger partial charge on any atom is 0.253 e. The maximum atomic E-state index is 13.3. The van der Waals surface area contributed by atoms with E-state index in [2.05, 4.69) is 32.1 Å². The molecular weight excluding hydrogens is 496 g/mol. The second kappa shape index (κ2) is 11.2. The number of amides is 2. The number of piperidine rings is 1. The Hall–Kier alpha value is -3.70. The topological polar surface area (TPSA) is 97.4 Å². The zero-order valence-corrected chi connectivity index (χ0v) is 23.5. The van der Waals surface area contributed by atoms with Gasteiger partial charge in [0.05, 0.1) is 19.0 Å². The van der Waals surface area contributed by atoms with E-state index >= 15 is 0 Å². The van der Waals surface area contributed by atoms with Crippen molar-refractivity contribution in [2.75, 3.05) is 82.6 Å². The molecule has 3 aliphatic heterocycles. The van der Waals surface area contributed by atoms with E-state index in [9.17, 15) is 9.59 Å². The number of ether oxygens (including phenoxy) is 1. The first-order valence-corrected chi connectivity index (χ1v) is 13.5. The highest BCUT2D eigenvalue weighted by Crippen LogP contribution is 2.34. The number of fused-ring (bicyclic) bond motifs is 1. The molecule has 0 aliphatic carbocycles. The normalized spacial score (nSPS) is 19.5. The number of allylic oxidation sites excluding steroid dienone is 1. The van der Waals surface area contributed by atoms with Crippen molar-refractivity contribution in [3.8, 4) is 5.75 Å². The fraction of sp³-hybridized carbons (Fsp3) is 0.500. The number of benzene rings is 1. The number of methoxy groups -OCH3 is 1. The van der Waals surface area contributed by atoms with Crippen molar-refractivity contribution >= 4 is 35.0 Å². The molecule has 39 heavy (non-hydrogen) atoms. The molecule has 0 radical (unpaired) electrons. The lowest BCUT2D eigenvalue weighted by Gasteiger charge is -2.42. The molecule has 2 fully saturated rings. The lowest BCUT2D eigenvalue weighted by molar-refractivity contribution is -0.113. The van der Waals surface area contributed by atoms with Gasteiger partial charge in [0.15, 0.2) is 5.82 Å². The minimum absolute atomic E-state index is 0.0227. The van der Waals surface area contributed by atoms with Crippen LogP contribution in [0.15, 0.2) is 36.2 Å². The Morgan fingerprint density at radius 1 is 1.03 bits per heavy atom. The number of nitrogens with zero attached hydrogens (tertiary/aromatic N) is 7. The van der Waals surface area contributed by atoms with Crippen molar-refractivity contribution in [1.82, 2.24) is 24.7 Å². The Morgan fingerprint density at radius 2 is 1.74 bits per heavy atom. The highest BCUT2D eigenvalue weighted by Gasteiger charge is 2.29. The highest BCUT2D eigenvalue weighted by atomic mass is 16.5. The van der Waals surface area contributed by atoms with E-state index in [1.165, 1.54) is 4.90 Å². The van der Waals surface area contributed by atoms with E-state index in [1.807, 2.05) is 35.9 Å². The van der Waals surface area contributed by atoms with E-state index in [0.717, 1.165) is 57.8 Å². The van der Waals surface area contributed by atoms with Crippen LogP contribution in [-0.4, -0.2) is 110 Å². The molecule has 2 aromatic rings. The van der Waals surface area contributed by atoms with Gasteiger partial charge in [0.1, 0.15) is 11.4 Å². The second-order valence-corrected chi connectivity index (χ2v) is 10.5. The fourth-order valence-electron chi connectivity index (χ4n) is 5.42. The van der Waals surface area contributed by atoms with Crippen LogP contribution in [0.1, 0.15) is 30.1 Å². The smallest absolute Gasteiger partial charge is 0.253 e. The summed E-state index contributed by atoms with van der Waals surface area (Å²) in [4.78, 5) is 45.1. The van der Waals surface area contributed by atoms with E-state index in [0.29, 0.717) is 40.5 Å². The number of hydrogen-bond acceptors (Lipinski definition) is 9. The third kappa shape index (κ3) is 5.55. The van der Waals surface area contributed by atoms with E-state index in [-0.39, 0.29) is 11.8 Å². The van der Waals surface area contributed by atoms with Gasteiger partial charge in [-0.05, 0) is 45.0 Å². The average molecular weight is 535 g/mol. The third-order valence-corrected chi connectivity index (χ3v) is 8.12. The number of likely N-dealkylation sites (tertiary alicyclic amines) is 1. The van der Waals surface area contributed by atoms with Crippen LogP contribution in [0.25, 0.3) is 0 Å². The molecule has 4 heterocycles. The SMILES string of the molecule is COc1cc(C(=O)N2CCC(N3CCN(C)CC3)CC2)ccc1Nc1ncc2c(n1)N(C)C(C)=CC(=O)N2C. The summed E-state index contributed by atoms with van der Waals surface area (Å²) in [5.74, 6) is 1.39. The number of carbonyl (C=O) groups excluding carboxylic acids is 2. The quantitative estimate of drug-likeness (QED) is 0.620. The van der Waals surface area contributed by atoms with Crippen LogP contribution in [-0.2, 0) is 4.79 Å². The lowest BCUT2D eigenvalue weighted by Crippen LogP contribution is -2.52. The first-order valence-electron chi connectivity index (χ1n) is 13.5. The van der Waals surface area contributed by atoms with Gasteiger partial charge in [0.2, 0.25) is 5.95 Å². The van der Waals surface area contributed by atoms with Gasteiger partial charge in [-0.1, -0.05) is 0 Å². The Bertz CT molecular complexity index is 1270. The summed E-state index contributed by atoms with van der Waals surface area (Å²) >= 11 is 0. The summed E-state index contributed by atoms with van der Waals surface area (Å²) < 4.78 is 5.63. The predicted molar refractivity (Wildman–Crippen MR) is 152 cm³/mol. The standard InChI is InChI=1S/C28H38N8O3/c1-19-16-25(37)34(4)23-18-29-28(31-26(23)33(19)3)30-22-7-6-20(17-24(22)39-5)27(38)36-10-8-21(9-11-36)35-14-12-32(2)13-15-35/h6-7,16-18,21H,8-15H2,1-5H3,(H,29,30,31). The molecule has 1 N–H and O–H groups in total. The van der Waals surface area contributed by atoms with Gasteiger partial charge in [-0.15, -0.1) is 0 Å². The highest BCUT2D eigenvalue weighted by molar-refractivity contribution is 6.05. The number of anilines is 4. The van der Waals surface area contributed by atoms with Crippen molar-refractivity contribution in [3.63, 3.8) is 0 Å². The molecular formula is C28H38N8O3. The van der Waals surface area contributed by atoms with E-state index in [1.54, 1.807) is 32.5 Å². The molecule has 3 aliphatic rings. The van der Waals surface area contributed by atoms with Gasteiger partial charge < -0.3 is 29.7 Å². The Labute approximate surface area is 230 Å². The van der Waals surface area contributed by atoms with Crippen molar-refractivity contribution in [1.29, 1.82) is 0 Å². The predicted octanol–water partition coefficient (Wildman–Crippen LogP) is 2.40. The van der Waals surface area contributed by atoms with Crippen LogP contribution in [0.4, 0.5) is 23.1 Å². The number of carbonyl (C=O) groups is 2. The van der Waals surface area contributed by atoms with E-state index in [4.69, 9.17) is 4.74 Å². The summed E-state index contributed by atoms with van der Waals surface area (Å²) in [6, 6.07) is 5.96. The number of piperazine rings is 1. The molecule has 0 saturated carbocycles. The van der Waals surface area contributed by atoms with E-state index < -0.39 is 0 Å². The molecule has 208 valence electrons. The van der Waals surface area contributed by atoms with Gasteiger partial charge in [-0.25, -0.2) is 4.98 Å². The first-order chi connectivity index (χ1) is 18.7. The van der Waals surface area contributed by atoms with Gasteiger partial charge >= 0.3 is 0 Å². The Balaban J connectivity index is 1.27. The van der Waals surface area contributed by atoms with Gasteiger partial charge in [0, 0.05) is 76.7 Å². The van der Waals surface area contributed by atoms with Crippen molar-refractivity contribution in [2.45, 2.75) is 25.8 Å². The number of nitrogens with one attached hydrogen (secondary N) is 1. The van der Waals surface area contributed by atoms with Crippen LogP contribution < -0.4 is 19.9 Å². The third-order valence-electron chi connectivity index (χ3n) is 8.12. The van der Waals surface area contributed by atoms with Crippen molar-refractivity contribution in [2.24, 2.45) is 0 Å². The van der Waals surface area contributed by atoms with Crippen LogP contribution >= 0.6 is 0 Å². The summed E-state index contributed by atoms with van der Waals surface area (Å²) in [5.41, 5.74) is 2.64. The summed E-state index contributed by atoms with van der Waals surface area (Å²) in [5, 5.41) is 3.22. The summed E-state index contributed by atoms with van der Waals surface area (Å²) in [6.45, 7) is 7.83. The Morgan fingerprint density at radius 3 is 2.44 bits per heavy atom. The fourth-order valence-corrected chi connectivity index (χ4v) is 5.42. The monoisotopic (exact) mass is 534 g/mol. The number of likely N-dealkylation sites (N-methyl/N-ethyl adjacent to an activating group) is 2. The molecule has 0 unspecified atom stereocenters. The number of rotatable bonds is 5. The molecule has 0 spiro atoms. The zero-order chi connectivity index (χ0) is 27.7. The van der Waals surface area contributed by atoms with Crippen LogP contribution in [0.3, 0.4) is 0 Å². The number of aromatic nitrogens is 2. The largest absolute Gasteiger partial charge is 0.495 e. The summed E-state index contributed by atoms with van der Waals surface area (Å²) in [7, 11) is 7.32. The van der Waals surface area contributed by atoms with Crippen LogP contribution in [0, 0.1) is 0 Å². The molecule has 5 rings (SSSR count). The maximum absolute atomic E-state index is 13.3. The summed E-state index contributed by atoms with van der Waals surface area (Å²) in [6.07, 6.45) is 5.21. The molecule has 0 bridgehead atoms. The van der Waals surface area contributed by atoms with Gasteiger partial charge in [-0.2, -0.15) is 4.98 Å². The molecule has 11 heteroatoms. The molecule has 11 nitrogen and oxygen atoms in total. The zero-order valence-electron chi connectivity index (χ0n) is 23.5. The van der Waals surface area contributed by atoms with Crippen molar-refractivity contribution in [3.05, 3.63) is 41.7 Å². The minimum atomic E-state index is -0.132. The Kier molecular flexibility index (Phi) is 7.72. The number of hydrogen-bond donors (Lipinski definition) is 1. The molecule has 1 aromatic carbocycles. The molecule has 2 amide bonds. The van der Waals surface area contributed by atoms with Crippen LogP contribution in [0.5, 0.6) is 5.75 Å². The van der Waals surface area contributed by atoms with Crippen molar-refractivity contribution < 1.29 is 14.3 Å². The molecule has 1 aromatic heterocycles. The van der Waals surface area contributed by atoms with Gasteiger partial charge in [0.25, 0.3) is 11.8 Å². The molecule has 0 atom stereocenters. The second-order valence-electron chi connectivity index (χ2n) is 10.5. The first kappa shape index (κ1) is 26.9. The lowest BCUT2D eigenvalue weighted by atomic mass is 10.0. The van der Waals surface area contributed by atoms with Gasteiger partial charge in [-0.3, -0.25) is 14.5 Å². The minimum Gasteiger partial charge on any atom is -0.495 e. The average Bonchev–Trinajstić information content (AvgIpc) is 3.03. The molecule has 2 saturated heterocycles.